The quantitative estimate of drug-likeness (QED) is 0.565. The highest BCUT2D eigenvalue weighted by molar-refractivity contribution is 5.93. The Hall–Kier alpha value is -4.01. The van der Waals surface area contributed by atoms with Gasteiger partial charge in [0.25, 0.3) is 5.56 Å². The van der Waals surface area contributed by atoms with Gasteiger partial charge < -0.3 is 19.5 Å². The Kier molecular flexibility index (Phi) is 6.54. The van der Waals surface area contributed by atoms with Crippen LogP contribution in [0.25, 0.3) is 0 Å². The Balaban J connectivity index is 1.46. The highest BCUT2D eigenvalue weighted by Gasteiger charge is 2.30. The number of aromatic nitrogens is 2. The number of aliphatic imine (C=N–C) groups is 1. The molecular formula is C27H31N5O4. The number of anilines is 1. The van der Waals surface area contributed by atoms with Crippen LogP contribution in [0.4, 0.5) is 5.95 Å². The maximum atomic E-state index is 13.0. The molecule has 1 fully saturated rings. The van der Waals surface area contributed by atoms with Crippen molar-refractivity contribution < 1.29 is 14.6 Å². The lowest BCUT2D eigenvalue weighted by Gasteiger charge is -2.37. The molecule has 0 saturated carbocycles. The first-order chi connectivity index (χ1) is 17.5. The first kappa shape index (κ1) is 23.7. The number of hydrogen-bond acceptors (Lipinski definition) is 8. The van der Waals surface area contributed by atoms with Crippen LogP contribution in [0.1, 0.15) is 35.8 Å². The second-order valence-electron chi connectivity index (χ2n) is 9.27. The number of guanidine groups is 1. The zero-order valence-electron chi connectivity index (χ0n) is 20.8. The summed E-state index contributed by atoms with van der Waals surface area (Å²) in [6.07, 6.45) is 2.48. The van der Waals surface area contributed by atoms with Crippen LogP contribution in [0.15, 0.2) is 58.3 Å². The standard InChI is InChI=1S/C27H31N5O4/c1-17-13-23(33)32-25(20-15-21(35-2)24(34)22(16-20)36-3)29-26(30-27(32)28-17)31-11-9-19(10-12-31)14-18-7-5-4-6-8-18/h4-8,13,15-16,19,25,34H,9-12,14H2,1-3H3,(H,28,29,30). The van der Waals surface area contributed by atoms with Crippen molar-refractivity contribution in [2.45, 2.75) is 32.4 Å². The van der Waals surface area contributed by atoms with E-state index in [0.29, 0.717) is 29.1 Å². The maximum absolute atomic E-state index is 13.0. The van der Waals surface area contributed by atoms with Crippen LogP contribution in [-0.2, 0) is 6.42 Å². The molecule has 36 heavy (non-hydrogen) atoms. The van der Waals surface area contributed by atoms with E-state index in [4.69, 9.17) is 14.5 Å². The molecule has 188 valence electrons. The molecule has 2 N–H and O–H groups in total. The molecule has 5 rings (SSSR count). The van der Waals surface area contributed by atoms with Gasteiger partial charge in [-0.3, -0.25) is 14.7 Å². The van der Waals surface area contributed by atoms with Crippen molar-refractivity contribution in [3.05, 3.63) is 75.7 Å². The summed E-state index contributed by atoms with van der Waals surface area (Å²) in [6.45, 7) is 3.51. The number of likely N-dealkylation sites (tertiary alicyclic amines) is 1. The number of aryl methyl sites for hydroxylation is 1. The Morgan fingerprint density at radius 1 is 1.06 bits per heavy atom. The van der Waals surface area contributed by atoms with Crippen LogP contribution in [0, 0.1) is 12.8 Å². The fraction of sp³-hybridized carbons (Fsp3) is 0.370. The van der Waals surface area contributed by atoms with E-state index in [1.165, 1.54) is 30.4 Å². The topological polar surface area (TPSA) is 101 Å². The van der Waals surface area contributed by atoms with Crippen molar-refractivity contribution in [2.24, 2.45) is 10.9 Å². The van der Waals surface area contributed by atoms with Crippen molar-refractivity contribution in [1.29, 1.82) is 0 Å². The number of hydrogen-bond donors (Lipinski definition) is 2. The molecule has 0 amide bonds. The molecule has 1 aromatic heterocycles. The fourth-order valence-corrected chi connectivity index (χ4v) is 4.98. The maximum Gasteiger partial charge on any atom is 0.257 e. The van der Waals surface area contributed by atoms with Crippen LogP contribution < -0.4 is 20.3 Å². The molecule has 0 aliphatic carbocycles. The van der Waals surface area contributed by atoms with E-state index in [9.17, 15) is 9.90 Å². The normalized spacial score (nSPS) is 17.7. The molecule has 2 aromatic carbocycles. The van der Waals surface area contributed by atoms with Crippen LogP contribution >= 0.6 is 0 Å². The molecule has 1 atom stereocenters. The number of nitrogens with one attached hydrogen (secondary N) is 1. The lowest BCUT2D eigenvalue weighted by Crippen LogP contribution is -2.46. The lowest BCUT2D eigenvalue weighted by atomic mass is 9.90. The van der Waals surface area contributed by atoms with E-state index in [2.05, 4.69) is 39.5 Å². The molecule has 1 unspecified atom stereocenters. The summed E-state index contributed by atoms with van der Waals surface area (Å²) in [6, 6.07) is 15.4. The third kappa shape index (κ3) is 4.60. The van der Waals surface area contributed by atoms with Gasteiger partial charge >= 0.3 is 0 Å². The summed E-state index contributed by atoms with van der Waals surface area (Å²) in [4.78, 5) is 24.8. The number of ether oxygens (including phenoxy) is 2. The summed E-state index contributed by atoms with van der Waals surface area (Å²) >= 11 is 0. The highest BCUT2D eigenvalue weighted by atomic mass is 16.5. The lowest BCUT2D eigenvalue weighted by molar-refractivity contribution is 0.262. The number of aromatic hydroxyl groups is 1. The third-order valence-electron chi connectivity index (χ3n) is 6.87. The number of piperidine rings is 1. The number of rotatable bonds is 5. The van der Waals surface area contributed by atoms with Crippen molar-refractivity contribution in [2.75, 3.05) is 32.6 Å². The molecule has 0 bridgehead atoms. The van der Waals surface area contributed by atoms with Gasteiger partial charge in [-0.15, -0.1) is 0 Å². The smallest absolute Gasteiger partial charge is 0.257 e. The van der Waals surface area contributed by atoms with Crippen molar-refractivity contribution >= 4 is 11.9 Å². The molecule has 2 aliphatic rings. The largest absolute Gasteiger partial charge is 0.502 e. The van der Waals surface area contributed by atoms with Gasteiger partial charge in [0.15, 0.2) is 17.7 Å². The van der Waals surface area contributed by atoms with Crippen LogP contribution in [0.3, 0.4) is 0 Å². The summed E-state index contributed by atoms with van der Waals surface area (Å²) in [7, 11) is 2.94. The summed E-state index contributed by atoms with van der Waals surface area (Å²) in [5.74, 6) is 2.13. The van der Waals surface area contributed by atoms with Gasteiger partial charge in [0, 0.05) is 30.4 Å². The Morgan fingerprint density at radius 2 is 1.72 bits per heavy atom. The second-order valence-corrected chi connectivity index (χ2v) is 9.27. The van der Waals surface area contributed by atoms with Crippen molar-refractivity contribution in [3.63, 3.8) is 0 Å². The first-order valence-corrected chi connectivity index (χ1v) is 12.2. The van der Waals surface area contributed by atoms with Gasteiger partial charge in [-0.1, -0.05) is 30.3 Å². The van der Waals surface area contributed by atoms with Gasteiger partial charge in [0.2, 0.25) is 17.7 Å². The SMILES string of the molecule is COc1cc(C2N=C(N3CCC(Cc4ccccc4)CC3)Nc3nc(C)cc(=O)n32)cc(OC)c1O. The van der Waals surface area contributed by atoms with Crippen molar-refractivity contribution in [3.8, 4) is 17.2 Å². The molecule has 9 nitrogen and oxygen atoms in total. The van der Waals surface area contributed by atoms with E-state index in [0.717, 1.165) is 32.4 Å². The number of phenols is 1. The second kappa shape index (κ2) is 9.93. The number of benzene rings is 2. The van der Waals surface area contributed by atoms with Gasteiger partial charge in [-0.05, 0) is 49.8 Å². The summed E-state index contributed by atoms with van der Waals surface area (Å²) < 4.78 is 12.2. The molecule has 3 aromatic rings. The molecule has 2 aliphatic heterocycles. The molecule has 1 saturated heterocycles. The minimum absolute atomic E-state index is 0.100. The van der Waals surface area contributed by atoms with Gasteiger partial charge in [0.05, 0.1) is 14.2 Å². The Labute approximate surface area is 210 Å². The minimum Gasteiger partial charge on any atom is -0.502 e. The van der Waals surface area contributed by atoms with E-state index in [-0.39, 0.29) is 22.8 Å². The number of fused-ring (bicyclic) bond motifs is 1. The van der Waals surface area contributed by atoms with E-state index in [1.54, 1.807) is 19.1 Å². The molecule has 9 heteroatoms. The number of nitrogens with zero attached hydrogens (tertiary/aromatic N) is 4. The summed E-state index contributed by atoms with van der Waals surface area (Å²) in [5, 5.41) is 13.7. The molecular weight excluding hydrogens is 458 g/mol. The van der Waals surface area contributed by atoms with E-state index in [1.807, 2.05) is 6.07 Å². The fourth-order valence-electron chi connectivity index (χ4n) is 4.98. The van der Waals surface area contributed by atoms with Gasteiger partial charge in [-0.25, -0.2) is 9.98 Å². The molecule has 0 spiro atoms. The van der Waals surface area contributed by atoms with Crippen LogP contribution in [-0.4, -0.2) is 52.8 Å². The Morgan fingerprint density at radius 3 is 2.36 bits per heavy atom. The minimum atomic E-state index is -0.692. The van der Waals surface area contributed by atoms with Gasteiger partial charge in [-0.2, -0.15) is 0 Å². The molecule has 3 heterocycles. The predicted octanol–water partition coefficient (Wildman–Crippen LogP) is 3.56. The average Bonchev–Trinajstić information content (AvgIpc) is 2.89. The summed E-state index contributed by atoms with van der Waals surface area (Å²) in [5.41, 5.74) is 2.42. The Bertz CT molecular complexity index is 1300. The van der Waals surface area contributed by atoms with E-state index < -0.39 is 6.17 Å². The zero-order valence-corrected chi connectivity index (χ0v) is 20.8. The van der Waals surface area contributed by atoms with Crippen LogP contribution in [0.2, 0.25) is 0 Å². The monoisotopic (exact) mass is 489 g/mol. The average molecular weight is 490 g/mol. The predicted molar refractivity (Wildman–Crippen MR) is 138 cm³/mol. The number of methoxy groups -OCH3 is 2. The highest BCUT2D eigenvalue weighted by Crippen LogP contribution is 2.40. The number of phenolic OH excluding ortho intramolecular Hbond substituents is 1. The van der Waals surface area contributed by atoms with Crippen LogP contribution in [0.5, 0.6) is 17.2 Å². The van der Waals surface area contributed by atoms with Gasteiger partial charge in [0.1, 0.15) is 0 Å². The molecule has 0 radical (unpaired) electrons. The van der Waals surface area contributed by atoms with E-state index >= 15 is 0 Å². The van der Waals surface area contributed by atoms with Crippen molar-refractivity contribution in [1.82, 2.24) is 14.5 Å². The zero-order chi connectivity index (χ0) is 25.2. The first-order valence-electron chi connectivity index (χ1n) is 12.2. The third-order valence-corrected chi connectivity index (χ3v) is 6.87.